The van der Waals surface area contributed by atoms with Gasteiger partial charge < -0.3 is 15.8 Å². The van der Waals surface area contributed by atoms with Crippen molar-refractivity contribution in [3.8, 4) is 22.7 Å². The predicted octanol–water partition coefficient (Wildman–Crippen LogP) is 5.04. The van der Waals surface area contributed by atoms with Crippen LogP contribution in [0.5, 0.6) is 5.75 Å². The summed E-state index contributed by atoms with van der Waals surface area (Å²) in [6, 6.07) is 23.5. The number of halogens is 1. The summed E-state index contributed by atoms with van der Waals surface area (Å²) < 4.78 is 6.90. The number of nitrogens with one attached hydrogen (secondary N) is 1. The second-order valence-corrected chi connectivity index (χ2v) is 7.01. The van der Waals surface area contributed by atoms with E-state index in [1.807, 2.05) is 24.3 Å². The number of rotatable bonds is 5. The number of nitrogen functional groups attached to an aromatic ring is 1. The maximum atomic E-state index is 12.6. The SMILES string of the molecule is COc1ccccc1NC(=O)c1ccc(-n2nc(-c3ccc(Cl)cc3)cc2N)cc1. The van der Waals surface area contributed by atoms with E-state index in [1.165, 1.54) is 0 Å². The van der Waals surface area contributed by atoms with E-state index < -0.39 is 0 Å². The molecule has 150 valence electrons. The number of carbonyl (C=O) groups excluding carboxylic acids is 1. The van der Waals surface area contributed by atoms with Gasteiger partial charge in [0.1, 0.15) is 11.6 Å². The Bertz CT molecular complexity index is 1180. The lowest BCUT2D eigenvalue weighted by Crippen LogP contribution is -2.12. The molecule has 1 amide bonds. The molecule has 0 spiro atoms. The molecule has 0 saturated heterocycles. The smallest absolute Gasteiger partial charge is 0.255 e. The van der Waals surface area contributed by atoms with Gasteiger partial charge in [-0.05, 0) is 48.5 Å². The zero-order valence-electron chi connectivity index (χ0n) is 16.2. The molecule has 30 heavy (non-hydrogen) atoms. The van der Waals surface area contributed by atoms with Crippen molar-refractivity contribution in [2.24, 2.45) is 0 Å². The Hall–Kier alpha value is -3.77. The first-order valence-corrected chi connectivity index (χ1v) is 9.59. The Labute approximate surface area is 178 Å². The standard InChI is InChI=1S/C23H19ClN4O2/c1-30-21-5-3-2-4-19(21)26-23(29)16-8-12-18(13-9-16)28-22(25)14-20(27-28)15-6-10-17(24)11-7-15/h2-14H,25H2,1H3,(H,26,29). The van der Waals surface area contributed by atoms with Crippen LogP contribution in [0.4, 0.5) is 11.5 Å². The second-order valence-electron chi connectivity index (χ2n) is 6.57. The summed E-state index contributed by atoms with van der Waals surface area (Å²) in [4.78, 5) is 12.6. The van der Waals surface area contributed by atoms with Gasteiger partial charge in [0.15, 0.2) is 0 Å². The molecule has 0 aliphatic rings. The minimum atomic E-state index is -0.235. The molecule has 3 aromatic carbocycles. The number of hydrogen-bond acceptors (Lipinski definition) is 4. The van der Waals surface area contributed by atoms with Crippen LogP contribution in [0.25, 0.3) is 16.9 Å². The normalized spacial score (nSPS) is 10.6. The fraction of sp³-hybridized carbons (Fsp3) is 0.0435. The van der Waals surface area contributed by atoms with Crippen LogP contribution in [0.3, 0.4) is 0 Å². The number of anilines is 2. The Kier molecular flexibility index (Phi) is 5.41. The lowest BCUT2D eigenvalue weighted by Gasteiger charge is -2.10. The maximum Gasteiger partial charge on any atom is 0.255 e. The van der Waals surface area contributed by atoms with Crippen molar-refractivity contribution in [3.63, 3.8) is 0 Å². The number of benzene rings is 3. The average molecular weight is 419 g/mol. The number of amides is 1. The molecule has 1 heterocycles. The van der Waals surface area contributed by atoms with Crippen LogP contribution in [-0.4, -0.2) is 22.8 Å². The van der Waals surface area contributed by atoms with Crippen LogP contribution in [-0.2, 0) is 0 Å². The van der Waals surface area contributed by atoms with Crippen LogP contribution in [0.2, 0.25) is 5.02 Å². The van der Waals surface area contributed by atoms with Gasteiger partial charge in [-0.15, -0.1) is 0 Å². The number of methoxy groups -OCH3 is 1. The topological polar surface area (TPSA) is 82.2 Å². The van der Waals surface area contributed by atoms with Gasteiger partial charge in [0, 0.05) is 22.2 Å². The number of aromatic nitrogens is 2. The van der Waals surface area contributed by atoms with E-state index in [0.717, 1.165) is 16.9 Å². The van der Waals surface area contributed by atoms with E-state index in [-0.39, 0.29) is 5.91 Å². The molecule has 4 rings (SSSR count). The third kappa shape index (κ3) is 3.99. The van der Waals surface area contributed by atoms with Crippen LogP contribution in [0.15, 0.2) is 78.9 Å². The van der Waals surface area contributed by atoms with Crippen molar-refractivity contribution in [3.05, 3.63) is 89.4 Å². The van der Waals surface area contributed by atoms with E-state index in [0.29, 0.717) is 27.8 Å². The number of ether oxygens (including phenoxy) is 1. The van der Waals surface area contributed by atoms with Crippen molar-refractivity contribution < 1.29 is 9.53 Å². The Balaban J connectivity index is 1.55. The quantitative estimate of drug-likeness (QED) is 0.476. The molecular formula is C23H19ClN4O2. The molecule has 0 radical (unpaired) electrons. The summed E-state index contributed by atoms with van der Waals surface area (Å²) in [7, 11) is 1.56. The number of para-hydroxylation sites is 2. The number of hydrogen-bond donors (Lipinski definition) is 2. The molecule has 4 aromatic rings. The zero-order chi connectivity index (χ0) is 21.1. The summed E-state index contributed by atoms with van der Waals surface area (Å²) in [6.07, 6.45) is 0. The lowest BCUT2D eigenvalue weighted by molar-refractivity contribution is 0.102. The fourth-order valence-electron chi connectivity index (χ4n) is 3.06. The molecule has 0 bridgehead atoms. The first-order valence-electron chi connectivity index (χ1n) is 9.21. The van der Waals surface area contributed by atoms with Crippen LogP contribution < -0.4 is 15.8 Å². The van der Waals surface area contributed by atoms with E-state index in [2.05, 4.69) is 10.4 Å². The number of nitrogens with two attached hydrogens (primary N) is 1. The Morgan fingerprint density at radius 1 is 1.03 bits per heavy atom. The molecule has 3 N–H and O–H groups in total. The summed E-state index contributed by atoms with van der Waals surface area (Å²) in [5, 5.41) is 8.09. The van der Waals surface area contributed by atoms with Crippen molar-refractivity contribution in [2.75, 3.05) is 18.2 Å². The first-order chi connectivity index (χ1) is 14.5. The molecule has 0 aliphatic carbocycles. The third-order valence-electron chi connectivity index (χ3n) is 4.61. The highest BCUT2D eigenvalue weighted by molar-refractivity contribution is 6.30. The highest BCUT2D eigenvalue weighted by Crippen LogP contribution is 2.26. The molecule has 0 fully saturated rings. The van der Waals surface area contributed by atoms with Gasteiger partial charge in [-0.3, -0.25) is 4.79 Å². The Morgan fingerprint density at radius 2 is 1.73 bits per heavy atom. The number of nitrogens with zero attached hydrogens (tertiary/aromatic N) is 2. The van der Waals surface area contributed by atoms with Crippen LogP contribution >= 0.6 is 11.6 Å². The minimum absolute atomic E-state index is 0.235. The monoisotopic (exact) mass is 418 g/mol. The average Bonchev–Trinajstić information content (AvgIpc) is 3.16. The van der Waals surface area contributed by atoms with Crippen molar-refractivity contribution >= 4 is 29.0 Å². The highest BCUT2D eigenvalue weighted by atomic mass is 35.5. The minimum Gasteiger partial charge on any atom is -0.495 e. The number of carbonyl (C=O) groups is 1. The first kappa shape index (κ1) is 19.5. The van der Waals surface area contributed by atoms with Gasteiger partial charge in [-0.2, -0.15) is 5.10 Å². The molecule has 0 unspecified atom stereocenters. The van der Waals surface area contributed by atoms with Crippen LogP contribution in [0, 0.1) is 0 Å². The molecule has 0 atom stereocenters. The fourth-order valence-corrected chi connectivity index (χ4v) is 3.19. The highest BCUT2D eigenvalue weighted by Gasteiger charge is 2.12. The van der Waals surface area contributed by atoms with E-state index in [4.69, 9.17) is 22.1 Å². The van der Waals surface area contributed by atoms with Gasteiger partial charge >= 0.3 is 0 Å². The van der Waals surface area contributed by atoms with Gasteiger partial charge in [0.05, 0.1) is 24.2 Å². The summed E-state index contributed by atoms with van der Waals surface area (Å²) in [5.74, 6) is 0.856. The largest absolute Gasteiger partial charge is 0.495 e. The summed E-state index contributed by atoms with van der Waals surface area (Å²) >= 11 is 5.95. The third-order valence-corrected chi connectivity index (χ3v) is 4.86. The van der Waals surface area contributed by atoms with Gasteiger partial charge in [-0.25, -0.2) is 4.68 Å². The van der Waals surface area contributed by atoms with Crippen molar-refractivity contribution in [1.82, 2.24) is 9.78 Å². The molecule has 7 heteroatoms. The van der Waals surface area contributed by atoms with Gasteiger partial charge in [-0.1, -0.05) is 35.9 Å². The summed E-state index contributed by atoms with van der Waals surface area (Å²) in [6.45, 7) is 0. The van der Waals surface area contributed by atoms with Crippen molar-refractivity contribution in [2.45, 2.75) is 0 Å². The van der Waals surface area contributed by atoms with Gasteiger partial charge in [0.25, 0.3) is 5.91 Å². The molecular weight excluding hydrogens is 400 g/mol. The zero-order valence-corrected chi connectivity index (χ0v) is 16.9. The molecule has 1 aromatic heterocycles. The Morgan fingerprint density at radius 3 is 2.43 bits per heavy atom. The van der Waals surface area contributed by atoms with E-state index in [1.54, 1.807) is 66.4 Å². The molecule has 0 aliphatic heterocycles. The van der Waals surface area contributed by atoms with E-state index >= 15 is 0 Å². The van der Waals surface area contributed by atoms with Gasteiger partial charge in [0.2, 0.25) is 0 Å². The molecule has 0 saturated carbocycles. The lowest BCUT2D eigenvalue weighted by atomic mass is 10.1. The molecule has 6 nitrogen and oxygen atoms in total. The maximum absolute atomic E-state index is 12.6. The van der Waals surface area contributed by atoms with E-state index in [9.17, 15) is 4.79 Å². The predicted molar refractivity (Wildman–Crippen MR) is 119 cm³/mol. The summed E-state index contributed by atoms with van der Waals surface area (Å²) in [5.41, 5.74) is 9.67. The van der Waals surface area contributed by atoms with Crippen LogP contribution in [0.1, 0.15) is 10.4 Å². The van der Waals surface area contributed by atoms with Crippen molar-refractivity contribution in [1.29, 1.82) is 0 Å². The second kappa shape index (κ2) is 8.31.